The molecular weight excluding hydrogens is 252 g/mol. The Morgan fingerprint density at radius 3 is 2.94 bits per heavy atom. The molecular formula is C11H20N4O2S. The van der Waals surface area contributed by atoms with Gasteiger partial charge in [-0.3, -0.25) is 9.40 Å². The van der Waals surface area contributed by atoms with Crippen molar-refractivity contribution < 1.29 is 8.42 Å². The van der Waals surface area contributed by atoms with E-state index in [1.807, 2.05) is 6.92 Å². The number of hydrogen-bond acceptors (Lipinski definition) is 4. The Morgan fingerprint density at radius 2 is 2.39 bits per heavy atom. The zero-order valence-corrected chi connectivity index (χ0v) is 11.6. The smallest absolute Gasteiger partial charge is 0.234 e. The van der Waals surface area contributed by atoms with E-state index in [0.29, 0.717) is 5.82 Å². The van der Waals surface area contributed by atoms with Gasteiger partial charge in [0.2, 0.25) is 10.0 Å². The average Bonchev–Trinajstić information content (AvgIpc) is 2.57. The first-order chi connectivity index (χ1) is 8.46. The highest BCUT2D eigenvalue weighted by molar-refractivity contribution is 7.92. The van der Waals surface area contributed by atoms with E-state index in [9.17, 15) is 8.42 Å². The molecule has 102 valence electrons. The number of nitrogens with one attached hydrogen (secondary N) is 2. The maximum absolute atomic E-state index is 12.0. The molecule has 2 N–H and O–H groups in total. The molecule has 1 aliphatic heterocycles. The van der Waals surface area contributed by atoms with Crippen molar-refractivity contribution in [3.63, 3.8) is 0 Å². The molecule has 18 heavy (non-hydrogen) atoms. The van der Waals surface area contributed by atoms with Crippen LogP contribution >= 0.6 is 0 Å². The molecule has 2 rings (SSSR count). The van der Waals surface area contributed by atoms with Crippen LogP contribution in [0.25, 0.3) is 0 Å². The number of sulfonamides is 1. The fourth-order valence-electron chi connectivity index (χ4n) is 2.28. The topological polar surface area (TPSA) is 76.0 Å². The van der Waals surface area contributed by atoms with Crippen LogP contribution in [0.3, 0.4) is 0 Å². The van der Waals surface area contributed by atoms with Crippen molar-refractivity contribution in [2.24, 2.45) is 13.0 Å². The third-order valence-corrected chi connectivity index (χ3v) is 4.55. The summed E-state index contributed by atoms with van der Waals surface area (Å²) in [5.74, 6) is 0.895. The molecule has 0 spiro atoms. The first kappa shape index (κ1) is 13.4. The van der Waals surface area contributed by atoms with Crippen LogP contribution in [-0.4, -0.2) is 37.0 Å². The van der Waals surface area contributed by atoms with Gasteiger partial charge in [-0.2, -0.15) is 5.10 Å². The molecule has 1 atom stereocenters. The lowest BCUT2D eigenvalue weighted by molar-refractivity contribution is 0.404. The second-order valence-corrected chi connectivity index (χ2v) is 6.66. The van der Waals surface area contributed by atoms with E-state index in [4.69, 9.17) is 0 Å². The van der Waals surface area contributed by atoms with Crippen molar-refractivity contribution in [2.75, 3.05) is 23.6 Å². The lowest BCUT2D eigenvalue weighted by Gasteiger charge is -2.22. The van der Waals surface area contributed by atoms with Gasteiger partial charge in [0.05, 0.1) is 11.4 Å². The number of nitrogens with zero attached hydrogens (tertiary/aromatic N) is 2. The van der Waals surface area contributed by atoms with Gasteiger partial charge in [-0.05, 0) is 38.8 Å². The number of rotatable bonds is 4. The summed E-state index contributed by atoms with van der Waals surface area (Å²) in [4.78, 5) is 0. The van der Waals surface area contributed by atoms with Crippen molar-refractivity contribution in [3.05, 3.63) is 11.8 Å². The summed E-state index contributed by atoms with van der Waals surface area (Å²) in [6, 6.07) is 1.73. The van der Waals surface area contributed by atoms with Crippen LogP contribution in [-0.2, 0) is 17.1 Å². The zero-order chi connectivity index (χ0) is 13.2. The van der Waals surface area contributed by atoms with Crippen LogP contribution < -0.4 is 10.0 Å². The molecule has 0 radical (unpaired) electrons. The molecule has 0 amide bonds. The van der Waals surface area contributed by atoms with Crippen LogP contribution in [0.2, 0.25) is 0 Å². The van der Waals surface area contributed by atoms with Gasteiger partial charge >= 0.3 is 0 Å². The average molecular weight is 272 g/mol. The Morgan fingerprint density at radius 1 is 1.61 bits per heavy atom. The molecule has 1 saturated heterocycles. The van der Waals surface area contributed by atoms with Crippen LogP contribution in [0.5, 0.6) is 0 Å². The molecule has 7 heteroatoms. The van der Waals surface area contributed by atoms with E-state index in [-0.39, 0.29) is 11.7 Å². The van der Waals surface area contributed by atoms with Gasteiger partial charge in [-0.15, -0.1) is 0 Å². The molecule has 1 aromatic rings. The third kappa shape index (κ3) is 3.46. The second kappa shape index (κ2) is 5.27. The van der Waals surface area contributed by atoms with E-state index in [0.717, 1.165) is 31.6 Å². The summed E-state index contributed by atoms with van der Waals surface area (Å²) in [5, 5.41) is 7.35. The first-order valence-corrected chi connectivity index (χ1v) is 7.83. The summed E-state index contributed by atoms with van der Waals surface area (Å²) in [7, 11) is -1.57. The van der Waals surface area contributed by atoms with Crippen molar-refractivity contribution in [3.8, 4) is 0 Å². The largest absolute Gasteiger partial charge is 0.316 e. The molecule has 0 saturated carbocycles. The van der Waals surface area contributed by atoms with Gasteiger partial charge < -0.3 is 5.32 Å². The number of anilines is 1. The van der Waals surface area contributed by atoms with E-state index < -0.39 is 10.0 Å². The van der Waals surface area contributed by atoms with E-state index >= 15 is 0 Å². The van der Waals surface area contributed by atoms with Gasteiger partial charge in [-0.25, -0.2) is 8.42 Å². The zero-order valence-electron chi connectivity index (χ0n) is 10.8. The second-order valence-electron chi connectivity index (χ2n) is 4.89. The quantitative estimate of drug-likeness (QED) is 0.835. The highest BCUT2D eigenvalue weighted by atomic mass is 32.2. The van der Waals surface area contributed by atoms with Crippen LogP contribution in [0.1, 0.15) is 18.5 Å². The molecule has 1 unspecified atom stereocenters. The van der Waals surface area contributed by atoms with Gasteiger partial charge in [0.1, 0.15) is 5.82 Å². The number of aryl methyl sites for hydroxylation is 2. The lowest BCUT2D eigenvalue weighted by atomic mass is 10.0. The van der Waals surface area contributed by atoms with Crippen molar-refractivity contribution in [1.29, 1.82) is 0 Å². The minimum Gasteiger partial charge on any atom is -0.316 e. The van der Waals surface area contributed by atoms with Gasteiger partial charge in [0.25, 0.3) is 0 Å². The lowest BCUT2D eigenvalue weighted by Crippen LogP contribution is -2.35. The van der Waals surface area contributed by atoms with Crippen molar-refractivity contribution >= 4 is 15.8 Å². The number of aromatic nitrogens is 2. The summed E-state index contributed by atoms with van der Waals surface area (Å²) in [6.45, 7) is 3.61. The maximum Gasteiger partial charge on any atom is 0.234 e. The molecule has 6 nitrogen and oxygen atoms in total. The summed E-state index contributed by atoms with van der Waals surface area (Å²) in [5.41, 5.74) is 0.800. The Kier molecular flexibility index (Phi) is 3.91. The standard InChI is InChI=1S/C11H20N4O2S/c1-9-6-11(15(2)13-9)14-18(16,17)8-10-4-3-5-12-7-10/h6,10,12,14H,3-5,7-8H2,1-2H3. The summed E-state index contributed by atoms with van der Waals surface area (Å²) >= 11 is 0. The van der Waals surface area contributed by atoms with E-state index in [1.165, 1.54) is 0 Å². The van der Waals surface area contributed by atoms with Gasteiger partial charge in [0.15, 0.2) is 0 Å². The third-order valence-electron chi connectivity index (χ3n) is 3.12. The maximum atomic E-state index is 12.0. The van der Waals surface area contributed by atoms with E-state index in [1.54, 1.807) is 17.8 Å². The molecule has 2 heterocycles. The normalized spacial score (nSPS) is 20.9. The van der Waals surface area contributed by atoms with Crippen LogP contribution in [0.4, 0.5) is 5.82 Å². The highest BCUT2D eigenvalue weighted by Gasteiger charge is 2.22. The van der Waals surface area contributed by atoms with Gasteiger partial charge in [0, 0.05) is 13.1 Å². The summed E-state index contributed by atoms with van der Waals surface area (Å²) in [6.07, 6.45) is 2.02. The van der Waals surface area contributed by atoms with E-state index in [2.05, 4.69) is 15.1 Å². The Bertz CT molecular complexity index is 503. The Balaban J connectivity index is 2.00. The predicted molar refractivity (Wildman–Crippen MR) is 70.9 cm³/mol. The minimum atomic E-state index is -3.29. The van der Waals surface area contributed by atoms with Gasteiger partial charge in [-0.1, -0.05) is 0 Å². The fraction of sp³-hybridized carbons (Fsp3) is 0.727. The van der Waals surface area contributed by atoms with Crippen LogP contribution in [0.15, 0.2) is 6.07 Å². The molecule has 1 fully saturated rings. The number of piperidine rings is 1. The monoisotopic (exact) mass is 272 g/mol. The fourth-order valence-corrected chi connectivity index (χ4v) is 3.78. The highest BCUT2D eigenvalue weighted by Crippen LogP contribution is 2.15. The Hall–Kier alpha value is -1.08. The van der Waals surface area contributed by atoms with Crippen molar-refractivity contribution in [2.45, 2.75) is 19.8 Å². The number of hydrogen-bond donors (Lipinski definition) is 2. The molecule has 1 aliphatic rings. The Labute approximate surface area is 108 Å². The molecule has 1 aromatic heterocycles. The van der Waals surface area contributed by atoms with Crippen LogP contribution in [0, 0.1) is 12.8 Å². The molecule has 0 aromatic carbocycles. The summed E-state index contributed by atoms with van der Waals surface area (Å²) < 4.78 is 28.2. The SMILES string of the molecule is Cc1cc(NS(=O)(=O)CC2CCCNC2)n(C)n1. The predicted octanol–water partition coefficient (Wildman–Crippen LogP) is 0.470. The first-order valence-electron chi connectivity index (χ1n) is 6.18. The molecule has 0 aliphatic carbocycles. The van der Waals surface area contributed by atoms with Crippen molar-refractivity contribution in [1.82, 2.24) is 15.1 Å². The minimum absolute atomic E-state index is 0.171. The molecule has 0 bridgehead atoms.